The van der Waals surface area contributed by atoms with Crippen molar-refractivity contribution in [3.8, 4) is 0 Å². The number of benzene rings is 1. The average Bonchev–Trinajstić information content (AvgIpc) is 2.72. The summed E-state index contributed by atoms with van der Waals surface area (Å²) in [6.07, 6.45) is 4.07. The molecule has 0 bridgehead atoms. The summed E-state index contributed by atoms with van der Waals surface area (Å²) in [4.78, 5) is 0.465. The summed E-state index contributed by atoms with van der Waals surface area (Å²) in [5.41, 5.74) is 7.74. The number of para-hydroxylation sites is 1. The van der Waals surface area contributed by atoms with Gasteiger partial charge in [-0.25, -0.2) is 0 Å². The Kier molecular flexibility index (Phi) is 4.00. The summed E-state index contributed by atoms with van der Waals surface area (Å²) in [5.74, 6) is 1.62. The standard InChI is InChI=1S/C14H20N2S/c1-10-5-4-6-11(10)9-16-13-8-3-2-7-12(13)14(15)17/h2-3,7-8,10-11,16H,4-6,9H2,1H3,(H2,15,17). The zero-order valence-corrected chi connectivity index (χ0v) is 11.1. The van der Waals surface area contributed by atoms with Gasteiger partial charge in [0.25, 0.3) is 0 Å². The number of hydrogen-bond acceptors (Lipinski definition) is 2. The number of nitrogens with one attached hydrogen (secondary N) is 1. The molecule has 0 saturated heterocycles. The van der Waals surface area contributed by atoms with E-state index in [0.717, 1.165) is 29.6 Å². The lowest BCUT2D eigenvalue weighted by Crippen LogP contribution is -2.19. The summed E-state index contributed by atoms with van der Waals surface area (Å²) in [5, 5.41) is 3.50. The molecular weight excluding hydrogens is 228 g/mol. The van der Waals surface area contributed by atoms with Gasteiger partial charge in [-0.1, -0.05) is 44.1 Å². The fourth-order valence-electron chi connectivity index (χ4n) is 2.62. The topological polar surface area (TPSA) is 38.0 Å². The second-order valence-corrected chi connectivity index (χ2v) is 5.40. The fourth-order valence-corrected chi connectivity index (χ4v) is 2.80. The molecule has 1 aliphatic rings. The highest BCUT2D eigenvalue weighted by atomic mass is 32.1. The first-order valence-electron chi connectivity index (χ1n) is 6.31. The number of nitrogens with two attached hydrogens (primary N) is 1. The maximum absolute atomic E-state index is 5.72. The second-order valence-electron chi connectivity index (χ2n) is 4.96. The van der Waals surface area contributed by atoms with E-state index in [1.54, 1.807) is 0 Å². The van der Waals surface area contributed by atoms with E-state index in [9.17, 15) is 0 Å². The molecule has 0 aliphatic heterocycles. The molecule has 0 heterocycles. The molecular formula is C14H20N2S. The molecule has 0 spiro atoms. The maximum atomic E-state index is 5.72. The largest absolute Gasteiger partial charge is 0.389 e. The van der Waals surface area contributed by atoms with Crippen LogP contribution in [0.15, 0.2) is 24.3 Å². The Morgan fingerprint density at radius 3 is 2.82 bits per heavy atom. The third kappa shape index (κ3) is 2.97. The molecule has 2 nitrogen and oxygen atoms in total. The van der Waals surface area contributed by atoms with E-state index >= 15 is 0 Å². The van der Waals surface area contributed by atoms with Crippen molar-refractivity contribution >= 4 is 22.9 Å². The minimum absolute atomic E-state index is 0.465. The Hall–Kier alpha value is -1.09. The van der Waals surface area contributed by atoms with Crippen LogP contribution in [0.1, 0.15) is 31.7 Å². The Morgan fingerprint density at radius 2 is 2.18 bits per heavy atom. The van der Waals surface area contributed by atoms with Crippen LogP contribution in [0, 0.1) is 11.8 Å². The van der Waals surface area contributed by atoms with E-state index in [1.807, 2.05) is 24.3 Å². The molecule has 2 rings (SSSR count). The molecule has 2 unspecified atom stereocenters. The summed E-state index contributed by atoms with van der Waals surface area (Å²) in [6, 6.07) is 8.01. The van der Waals surface area contributed by atoms with Crippen molar-refractivity contribution in [1.82, 2.24) is 0 Å². The van der Waals surface area contributed by atoms with Gasteiger partial charge in [-0.05, 0) is 30.4 Å². The molecule has 92 valence electrons. The first-order valence-corrected chi connectivity index (χ1v) is 6.72. The smallest absolute Gasteiger partial charge is 0.106 e. The van der Waals surface area contributed by atoms with E-state index in [4.69, 9.17) is 18.0 Å². The van der Waals surface area contributed by atoms with Gasteiger partial charge < -0.3 is 11.1 Å². The quantitative estimate of drug-likeness (QED) is 0.804. The molecule has 1 fully saturated rings. The Labute approximate surface area is 109 Å². The molecule has 0 radical (unpaired) electrons. The molecule has 0 aromatic heterocycles. The highest BCUT2D eigenvalue weighted by Crippen LogP contribution is 2.31. The molecule has 0 amide bonds. The van der Waals surface area contributed by atoms with E-state index in [0.29, 0.717) is 4.99 Å². The Morgan fingerprint density at radius 1 is 1.41 bits per heavy atom. The van der Waals surface area contributed by atoms with Crippen LogP contribution in [-0.2, 0) is 0 Å². The van der Waals surface area contributed by atoms with Crippen molar-refractivity contribution in [3.05, 3.63) is 29.8 Å². The molecule has 1 saturated carbocycles. The van der Waals surface area contributed by atoms with Crippen molar-refractivity contribution < 1.29 is 0 Å². The van der Waals surface area contributed by atoms with Crippen molar-refractivity contribution in [2.75, 3.05) is 11.9 Å². The summed E-state index contributed by atoms with van der Waals surface area (Å²) in [7, 11) is 0. The van der Waals surface area contributed by atoms with Crippen LogP contribution >= 0.6 is 12.2 Å². The number of rotatable bonds is 4. The van der Waals surface area contributed by atoms with Gasteiger partial charge in [-0.2, -0.15) is 0 Å². The van der Waals surface area contributed by atoms with E-state index in [-0.39, 0.29) is 0 Å². The van der Waals surface area contributed by atoms with Crippen LogP contribution in [0.5, 0.6) is 0 Å². The summed E-state index contributed by atoms with van der Waals surface area (Å²) in [6.45, 7) is 3.37. The summed E-state index contributed by atoms with van der Waals surface area (Å²) < 4.78 is 0. The molecule has 3 N–H and O–H groups in total. The molecule has 1 aliphatic carbocycles. The van der Waals surface area contributed by atoms with Gasteiger partial charge in [0.1, 0.15) is 4.99 Å². The molecule has 2 atom stereocenters. The van der Waals surface area contributed by atoms with Crippen molar-refractivity contribution in [2.45, 2.75) is 26.2 Å². The monoisotopic (exact) mass is 248 g/mol. The van der Waals surface area contributed by atoms with Crippen LogP contribution in [0.25, 0.3) is 0 Å². The van der Waals surface area contributed by atoms with Crippen molar-refractivity contribution in [2.24, 2.45) is 17.6 Å². The Bertz CT molecular complexity index is 403. The Balaban J connectivity index is 2.01. The lowest BCUT2D eigenvalue weighted by molar-refractivity contribution is 0.439. The van der Waals surface area contributed by atoms with Crippen LogP contribution < -0.4 is 11.1 Å². The van der Waals surface area contributed by atoms with Crippen LogP contribution in [-0.4, -0.2) is 11.5 Å². The van der Waals surface area contributed by atoms with Crippen LogP contribution in [0.3, 0.4) is 0 Å². The van der Waals surface area contributed by atoms with Gasteiger partial charge in [0.05, 0.1) is 0 Å². The van der Waals surface area contributed by atoms with Crippen LogP contribution in [0.2, 0.25) is 0 Å². The van der Waals surface area contributed by atoms with E-state index in [2.05, 4.69) is 12.2 Å². The highest BCUT2D eigenvalue weighted by molar-refractivity contribution is 7.80. The average molecular weight is 248 g/mol. The molecule has 1 aromatic rings. The number of anilines is 1. The minimum Gasteiger partial charge on any atom is -0.389 e. The van der Waals surface area contributed by atoms with Crippen molar-refractivity contribution in [1.29, 1.82) is 0 Å². The fraction of sp³-hybridized carbons (Fsp3) is 0.500. The third-order valence-electron chi connectivity index (χ3n) is 3.79. The van der Waals surface area contributed by atoms with Gasteiger partial charge in [-0.3, -0.25) is 0 Å². The first-order chi connectivity index (χ1) is 8.18. The predicted octanol–water partition coefficient (Wildman–Crippen LogP) is 3.17. The lowest BCUT2D eigenvalue weighted by atomic mass is 9.98. The van der Waals surface area contributed by atoms with Gasteiger partial charge >= 0.3 is 0 Å². The first kappa shape index (κ1) is 12.4. The van der Waals surface area contributed by atoms with Crippen molar-refractivity contribution in [3.63, 3.8) is 0 Å². The minimum atomic E-state index is 0.465. The normalized spacial score (nSPS) is 23.6. The molecule has 1 aromatic carbocycles. The highest BCUT2D eigenvalue weighted by Gasteiger charge is 2.23. The lowest BCUT2D eigenvalue weighted by Gasteiger charge is -2.18. The van der Waals surface area contributed by atoms with Gasteiger partial charge in [0.2, 0.25) is 0 Å². The second kappa shape index (κ2) is 5.50. The zero-order chi connectivity index (χ0) is 12.3. The van der Waals surface area contributed by atoms with Gasteiger partial charge in [0, 0.05) is 17.8 Å². The van der Waals surface area contributed by atoms with Gasteiger partial charge in [-0.15, -0.1) is 0 Å². The third-order valence-corrected chi connectivity index (χ3v) is 4.01. The predicted molar refractivity (Wildman–Crippen MR) is 77.3 cm³/mol. The summed E-state index contributed by atoms with van der Waals surface area (Å²) >= 11 is 5.06. The van der Waals surface area contributed by atoms with E-state index < -0.39 is 0 Å². The van der Waals surface area contributed by atoms with Crippen LogP contribution in [0.4, 0.5) is 5.69 Å². The number of thiocarbonyl (C=S) groups is 1. The molecule has 17 heavy (non-hydrogen) atoms. The molecule has 3 heteroatoms. The SMILES string of the molecule is CC1CCCC1CNc1ccccc1C(N)=S. The number of hydrogen-bond donors (Lipinski definition) is 2. The van der Waals surface area contributed by atoms with E-state index in [1.165, 1.54) is 19.3 Å². The van der Waals surface area contributed by atoms with Gasteiger partial charge in [0.15, 0.2) is 0 Å². The maximum Gasteiger partial charge on any atom is 0.106 e. The zero-order valence-electron chi connectivity index (χ0n) is 10.3.